The highest BCUT2D eigenvalue weighted by molar-refractivity contribution is 5.56. The van der Waals surface area contributed by atoms with Crippen LogP contribution in [0.2, 0.25) is 0 Å². The van der Waals surface area contributed by atoms with Crippen LogP contribution in [0.3, 0.4) is 0 Å². The number of hydrogen-bond acceptors (Lipinski definition) is 4. The van der Waals surface area contributed by atoms with Gasteiger partial charge in [0, 0.05) is 37.4 Å². The Kier molecular flexibility index (Phi) is 4.43. The molecule has 0 spiro atoms. The quantitative estimate of drug-likeness (QED) is 0.921. The van der Waals surface area contributed by atoms with Gasteiger partial charge in [0.15, 0.2) is 11.5 Å². The van der Waals surface area contributed by atoms with Crippen LogP contribution < -0.4 is 19.7 Å². The van der Waals surface area contributed by atoms with Crippen molar-refractivity contribution in [1.82, 2.24) is 5.32 Å². The van der Waals surface area contributed by atoms with Crippen LogP contribution in [0.5, 0.6) is 11.5 Å². The normalized spacial score (nSPS) is 19.9. The molecule has 0 amide bonds. The number of nitrogens with one attached hydrogen (secondary N) is 1. The predicted molar refractivity (Wildman–Crippen MR) is 83.0 cm³/mol. The number of rotatable bonds is 3. The van der Waals surface area contributed by atoms with Gasteiger partial charge in [-0.25, -0.2) is 0 Å². The van der Waals surface area contributed by atoms with Crippen molar-refractivity contribution in [3.8, 4) is 11.5 Å². The molecule has 0 bridgehead atoms. The lowest BCUT2D eigenvalue weighted by Crippen LogP contribution is -2.56. The van der Waals surface area contributed by atoms with E-state index in [1.165, 1.54) is 5.69 Å². The number of hydrogen-bond donors (Lipinski definition) is 1. The largest absolute Gasteiger partial charge is 0.493 e. The van der Waals surface area contributed by atoms with Crippen LogP contribution in [-0.2, 0) is 0 Å². The van der Waals surface area contributed by atoms with E-state index < -0.39 is 0 Å². The molecule has 1 aliphatic rings. The third-order valence-corrected chi connectivity index (χ3v) is 3.95. The highest BCUT2D eigenvalue weighted by Gasteiger charge is 2.29. The summed E-state index contributed by atoms with van der Waals surface area (Å²) in [4.78, 5) is 2.41. The molecule has 4 heteroatoms. The Morgan fingerprint density at radius 3 is 2.45 bits per heavy atom. The van der Waals surface area contributed by atoms with Crippen LogP contribution in [0.25, 0.3) is 0 Å². The summed E-state index contributed by atoms with van der Waals surface area (Å²) in [6.07, 6.45) is 0. The van der Waals surface area contributed by atoms with Crippen molar-refractivity contribution in [1.29, 1.82) is 0 Å². The molecule has 1 fully saturated rings. The topological polar surface area (TPSA) is 33.7 Å². The molecule has 4 nitrogen and oxygen atoms in total. The van der Waals surface area contributed by atoms with E-state index in [1.54, 1.807) is 14.2 Å². The van der Waals surface area contributed by atoms with E-state index in [4.69, 9.17) is 9.47 Å². The second kappa shape index (κ2) is 5.92. The van der Waals surface area contributed by atoms with Crippen molar-refractivity contribution >= 4 is 5.69 Å². The van der Waals surface area contributed by atoms with Gasteiger partial charge >= 0.3 is 0 Å². The number of benzene rings is 1. The average molecular weight is 278 g/mol. The summed E-state index contributed by atoms with van der Waals surface area (Å²) in [5.41, 5.74) is 1.45. The van der Waals surface area contributed by atoms with Crippen molar-refractivity contribution in [2.24, 2.45) is 5.41 Å². The Labute approximate surface area is 122 Å². The van der Waals surface area contributed by atoms with E-state index in [0.29, 0.717) is 6.04 Å². The standard InChI is InChI=1S/C16H26N2O2/c1-16(2,3)15-11-18(9-8-17-15)12-6-7-13(19-4)14(10-12)20-5/h6-7,10,15,17H,8-9,11H2,1-5H3. The number of methoxy groups -OCH3 is 2. The molecule has 1 N–H and O–H groups in total. The van der Waals surface area contributed by atoms with Crippen LogP contribution in [0.1, 0.15) is 20.8 Å². The first-order valence-corrected chi connectivity index (χ1v) is 7.16. The van der Waals surface area contributed by atoms with Gasteiger partial charge in [-0.3, -0.25) is 0 Å². The molecule has 1 saturated heterocycles. The first-order valence-electron chi connectivity index (χ1n) is 7.16. The van der Waals surface area contributed by atoms with E-state index in [9.17, 15) is 0 Å². The molecule has 1 aromatic carbocycles. The zero-order valence-corrected chi connectivity index (χ0v) is 13.2. The Bertz CT molecular complexity index is 454. The fourth-order valence-corrected chi connectivity index (χ4v) is 2.59. The van der Waals surface area contributed by atoms with Gasteiger partial charge in [0.25, 0.3) is 0 Å². The van der Waals surface area contributed by atoms with E-state index >= 15 is 0 Å². The maximum Gasteiger partial charge on any atom is 0.162 e. The number of anilines is 1. The molecule has 0 aromatic heterocycles. The summed E-state index contributed by atoms with van der Waals surface area (Å²) in [6, 6.07) is 6.63. The minimum atomic E-state index is 0.259. The van der Waals surface area contributed by atoms with Gasteiger partial charge in [-0.1, -0.05) is 20.8 Å². The number of ether oxygens (including phenoxy) is 2. The fraction of sp³-hybridized carbons (Fsp3) is 0.625. The molecular formula is C16H26N2O2. The molecule has 1 unspecified atom stereocenters. The fourth-order valence-electron chi connectivity index (χ4n) is 2.59. The number of nitrogens with zero attached hydrogens (tertiary/aromatic N) is 1. The minimum absolute atomic E-state index is 0.259. The Balaban J connectivity index is 2.19. The first kappa shape index (κ1) is 15.0. The van der Waals surface area contributed by atoms with Crippen LogP contribution in [0.15, 0.2) is 18.2 Å². The summed E-state index contributed by atoms with van der Waals surface area (Å²) in [5.74, 6) is 1.56. The number of piperazine rings is 1. The highest BCUT2D eigenvalue weighted by Crippen LogP contribution is 2.32. The summed E-state index contributed by atoms with van der Waals surface area (Å²) >= 11 is 0. The summed E-state index contributed by atoms with van der Waals surface area (Å²) in [6.45, 7) is 9.88. The Hall–Kier alpha value is -1.42. The van der Waals surface area contributed by atoms with Gasteiger partial charge in [0.2, 0.25) is 0 Å². The highest BCUT2D eigenvalue weighted by atomic mass is 16.5. The molecule has 1 atom stereocenters. The first-order chi connectivity index (χ1) is 9.45. The van der Waals surface area contributed by atoms with Crippen molar-refractivity contribution < 1.29 is 9.47 Å². The molecule has 1 aliphatic heterocycles. The lowest BCUT2D eigenvalue weighted by atomic mass is 9.85. The van der Waals surface area contributed by atoms with Crippen molar-refractivity contribution in [2.75, 3.05) is 38.8 Å². The van der Waals surface area contributed by atoms with Crippen molar-refractivity contribution in [3.05, 3.63) is 18.2 Å². The predicted octanol–water partition coefficient (Wildman–Crippen LogP) is 2.53. The maximum atomic E-state index is 5.39. The van der Waals surface area contributed by atoms with Gasteiger partial charge < -0.3 is 19.7 Å². The third-order valence-electron chi connectivity index (χ3n) is 3.95. The summed E-state index contributed by atoms with van der Waals surface area (Å²) in [7, 11) is 3.34. The van der Waals surface area contributed by atoms with Crippen LogP contribution in [-0.4, -0.2) is 39.9 Å². The minimum Gasteiger partial charge on any atom is -0.493 e. The summed E-state index contributed by atoms with van der Waals surface area (Å²) in [5, 5.41) is 3.61. The Morgan fingerprint density at radius 2 is 1.85 bits per heavy atom. The average Bonchev–Trinajstić information content (AvgIpc) is 2.45. The third kappa shape index (κ3) is 3.18. The molecule has 1 heterocycles. The van der Waals surface area contributed by atoms with Crippen LogP contribution in [0, 0.1) is 5.41 Å². The van der Waals surface area contributed by atoms with Crippen molar-refractivity contribution in [3.63, 3.8) is 0 Å². The second-order valence-corrected chi connectivity index (χ2v) is 6.36. The molecule has 0 radical (unpaired) electrons. The van der Waals surface area contributed by atoms with E-state index in [-0.39, 0.29) is 5.41 Å². The molecular weight excluding hydrogens is 252 g/mol. The van der Waals surface area contributed by atoms with Crippen LogP contribution >= 0.6 is 0 Å². The van der Waals surface area contributed by atoms with Crippen molar-refractivity contribution in [2.45, 2.75) is 26.8 Å². The van der Waals surface area contributed by atoms with E-state index in [2.05, 4.69) is 43.1 Å². The molecule has 0 aliphatic carbocycles. The smallest absolute Gasteiger partial charge is 0.162 e. The Morgan fingerprint density at radius 1 is 1.15 bits per heavy atom. The van der Waals surface area contributed by atoms with Crippen LogP contribution in [0.4, 0.5) is 5.69 Å². The maximum absolute atomic E-state index is 5.39. The summed E-state index contributed by atoms with van der Waals surface area (Å²) < 4.78 is 10.7. The van der Waals surface area contributed by atoms with Gasteiger partial charge in [-0.15, -0.1) is 0 Å². The SMILES string of the molecule is COc1ccc(N2CCNC(C(C)(C)C)C2)cc1OC. The zero-order valence-electron chi connectivity index (χ0n) is 13.2. The molecule has 112 valence electrons. The molecule has 20 heavy (non-hydrogen) atoms. The lowest BCUT2D eigenvalue weighted by molar-refractivity contribution is 0.254. The van der Waals surface area contributed by atoms with Gasteiger partial charge in [-0.05, 0) is 17.5 Å². The monoisotopic (exact) mass is 278 g/mol. The van der Waals surface area contributed by atoms with E-state index in [1.807, 2.05) is 6.07 Å². The molecule has 1 aromatic rings. The van der Waals surface area contributed by atoms with Gasteiger partial charge in [-0.2, -0.15) is 0 Å². The molecule has 0 saturated carbocycles. The lowest BCUT2D eigenvalue weighted by Gasteiger charge is -2.41. The van der Waals surface area contributed by atoms with Gasteiger partial charge in [0.1, 0.15) is 0 Å². The van der Waals surface area contributed by atoms with E-state index in [0.717, 1.165) is 31.1 Å². The second-order valence-electron chi connectivity index (χ2n) is 6.36. The molecule has 2 rings (SSSR count). The van der Waals surface area contributed by atoms with Gasteiger partial charge in [0.05, 0.1) is 14.2 Å². The zero-order chi connectivity index (χ0) is 14.8.